The summed E-state index contributed by atoms with van der Waals surface area (Å²) in [6.07, 6.45) is 2.28. The lowest BCUT2D eigenvalue weighted by Crippen LogP contribution is -2.25. The van der Waals surface area contributed by atoms with Gasteiger partial charge in [-0.2, -0.15) is 0 Å². The molecule has 4 heteroatoms. The third-order valence-corrected chi connectivity index (χ3v) is 3.76. The Morgan fingerprint density at radius 1 is 1.29 bits per heavy atom. The fourth-order valence-electron chi connectivity index (χ4n) is 2.71. The van der Waals surface area contributed by atoms with E-state index < -0.39 is 5.97 Å². The van der Waals surface area contributed by atoms with Crippen molar-refractivity contribution in [3.8, 4) is 0 Å². The van der Waals surface area contributed by atoms with Gasteiger partial charge in [0.15, 0.2) is 0 Å². The first kappa shape index (κ1) is 17.5. The van der Waals surface area contributed by atoms with E-state index in [1.807, 2.05) is 6.92 Å². The first-order valence-electron chi connectivity index (χ1n) is 7.80. The molecule has 0 aliphatic carbocycles. The quantitative estimate of drug-likeness (QED) is 0.734. The van der Waals surface area contributed by atoms with Gasteiger partial charge in [0.05, 0.1) is 6.42 Å². The number of hydrogen-bond acceptors (Lipinski definition) is 3. The highest BCUT2D eigenvalue weighted by Crippen LogP contribution is 2.27. The van der Waals surface area contributed by atoms with Crippen molar-refractivity contribution in [2.75, 3.05) is 24.5 Å². The molecule has 0 aromatic heterocycles. The van der Waals surface area contributed by atoms with Gasteiger partial charge in [-0.05, 0) is 49.6 Å². The van der Waals surface area contributed by atoms with Crippen LogP contribution in [0.5, 0.6) is 0 Å². The molecular formula is C17H28N2O2. The molecule has 0 aliphatic rings. The number of benzene rings is 1. The average Bonchev–Trinajstić information content (AvgIpc) is 2.45. The van der Waals surface area contributed by atoms with Crippen LogP contribution in [0.4, 0.5) is 5.69 Å². The van der Waals surface area contributed by atoms with Gasteiger partial charge in [-0.3, -0.25) is 4.79 Å². The van der Waals surface area contributed by atoms with Crippen LogP contribution in [0, 0.1) is 6.92 Å². The molecule has 0 heterocycles. The molecule has 0 aliphatic heterocycles. The van der Waals surface area contributed by atoms with E-state index in [9.17, 15) is 4.79 Å². The summed E-state index contributed by atoms with van der Waals surface area (Å²) in [4.78, 5) is 13.4. The van der Waals surface area contributed by atoms with E-state index in [2.05, 4.69) is 36.9 Å². The highest BCUT2D eigenvalue weighted by atomic mass is 16.4. The Labute approximate surface area is 128 Å². The van der Waals surface area contributed by atoms with Gasteiger partial charge in [-0.1, -0.05) is 19.9 Å². The Bertz CT molecular complexity index is 454. The number of carboxylic acid groups (broad SMARTS) is 1. The third-order valence-electron chi connectivity index (χ3n) is 3.76. The van der Waals surface area contributed by atoms with Crippen LogP contribution in [0.1, 0.15) is 50.2 Å². The fourth-order valence-corrected chi connectivity index (χ4v) is 2.71. The van der Waals surface area contributed by atoms with Crippen LogP contribution in [0.25, 0.3) is 0 Å². The summed E-state index contributed by atoms with van der Waals surface area (Å²) in [5.74, 6) is -0.915. The molecule has 3 N–H and O–H groups in total. The Morgan fingerprint density at radius 2 is 1.90 bits per heavy atom. The number of carboxylic acids is 1. The topological polar surface area (TPSA) is 66.6 Å². The maximum absolute atomic E-state index is 11.0. The summed E-state index contributed by atoms with van der Waals surface area (Å²) < 4.78 is 0. The Kier molecular flexibility index (Phi) is 7.23. The Balaban J connectivity index is 3.09. The Hall–Kier alpha value is -1.55. The summed E-state index contributed by atoms with van der Waals surface area (Å²) in [6.45, 7) is 8.76. The molecule has 0 saturated carbocycles. The first-order chi connectivity index (χ1) is 10.0. The van der Waals surface area contributed by atoms with Crippen molar-refractivity contribution < 1.29 is 9.90 Å². The van der Waals surface area contributed by atoms with E-state index in [1.165, 1.54) is 5.69 Å². The van der Waals surface area contributed by atoms with E-state index in [4.69, 9.17) is 10.8 Å². The van der Waals surface area contributed by atoms with Gasteiger partial charge in [0.2, 0.25) is 0 Å². The molecule has 1 rings (SSSR count). The average molecular weight is 292 g/mol. The largest absolute Gasteiger partial charge is 0.481 e. The minimum atomic E-state index is -0.797. The monoisotopic (exact) mass is 292 g/mol. The lowest BCUT2D eigenvalue weighted by molar-refractivity contribution is -0.137. The number of rotatable bonds is 9. The van der Waals surface area contributed by atoms with Crippen LogP contribution < -0.4 is 10.6 Å². The number of aliphatic carboxylic acids is 1. The van der Waals surface area contributed by atoms with E-state index in [1.54, 1.807) is 0 Å². The molecular weight excluding hydrogens is 264 g/mol. The smallest absolute Gasteiger partial charge is 0.304 e. The van der Waals surface area contributed by atoms with Crippen molar-refractivity contribution in [1.29, 1.82) is 0 Å². The molecule has 0 bridgehead atoms. The van der Waals surface area contributed by atoms with Gasteiger partial charge in [0.25, 0.3) is 0 Å². The van der Waals surface area contributed by atoms with Crippen LogP contribution in [0.3, 0.4) is 0 Å². The fraction of sp³-hybridized carbons (Fsp3) is 0.588. The predicted octanol–water partition coefficient (Wildman–Crippen LogP) is 3.14. The summed E-state index contributed by atoms with van der Waals surface area (Å²) in [5.41, 5.74) is 9.14. The summed E-state index contributed by atoms with van der Waals surface area (Å²) in [7, 11) is 0. The number of carbonyl (C=O) groups is 1. The molecule has 0 amide bonds. The molecule has 0 saturated heterocycles. The zero-order chi connectivity index (χ0) is 15.8. The molecule has 21 heavy (non-hydrogen) atoms. The van der Waals surface area contributed by atoms with Crippen LogP contribution in [0.2, 0.25) is 0 Å². The molecule has 4 nitrogen and oxygen atoms in total. The second kappa shape index (κ2) is 8.67. The van der Waals surface area contributed by atoms with Crippen molar-refractivity contribution in [1.82, 2.24) is 0 Å². The van der Waals surface area contributed by atoms with Gasteiger partial charge >= 0.3 is 5.97 Å². The van der Waals surface area contributed by atoms with Crippen molar-refractivity contribution in [2.24, 2.45) is 5.73 Å². The second-order valence-electron chi connectivity index (χ2n) is 5.56. The molecule has 1 unspecified atom stereocenters. The first-order valence-corrected chi connectivity index (χ1v) is 7.80. The summed E-state index contributed by atoms with van der Waals surface area (Å²) in [6, 6.07) is 6.33. The molecule has 118 valence electrons. The van der Waals surface area contributed by atoms with E-state index >= 15 is 0 Å². The van der Waals surface area contributed by atoms with Crippen LogP contribution in [-0.4, -0.2) is 30.7 Å². The van der Waals surface area contributed by atoms with Crippen LogP contribution >= 0.6 is 0 Å². The van der Waals surface area contributed by atoms with Gasteiger partial charge in [-0.25, -0.2) is 0 Å². The molecule has 0 fully saturated rings. The van der Waals surface area contributed by atoms with Gasteiger partial charge in [0, 0.05) is 24.7 Å². The number of nitrogens with two attached hydrogens (primary N) is 1. The molecule has 0 radical (unpaired) electrons. The second-order valence-corrected chi connectivity index (χ2v) is 5.56. The zero-order valence-electron chi connectivity index (χ0n) is 13.4. The number of aryl methyl sites for hydroxylation is 1. The minimum Gasteiger partial charge on any atom is -0.481 e. The SMILES string of the molecule is CCCN(CCC)c1ccc(C)c(C(CN)CC(=O)O)c1. The summed E-state index contributed by atoms with van der Waals surface area (Å²) in [5, 5.41) is 9.05. The number of hydrogen-bond donors (Lipinski definition) is 2. The van der Waals surface area contributed by atoms with Crippen LogP contribution in [0.15, 0.2) is 18.2 Å². The molecule has 1 atom stereocenters. The number of anilines is 1. The molecule has 1 aromatic carbocycles. The van der Waals surface area contributed by atoms with Gasteiger partial charge in [0.1, 0.15) is 0 Å². The minimum absolute atomic E-state index is 0.0857. The van der Waals surface area contributed by atoms with Crippen LogP contribution in [-0.2, 0) is 4.79 Å². The summed E-state index contributed by atoms with van der Waals surface area (Å²) >= 11 is 0. The normalized spacial score (nSPS) is 12.2. The molecule has 0 spiro atoms. The van der Waals surface area contributed by atoms with Crippen molar-refractivity contribution in [2.45, 2.75) is 46.0 Å². The molecule has 1 aromatic rings. The van der Waals surface area contributed by atoms with Crippen molar-refractivity contribution in [3.63, 3.8) is 0 Å². The standard InChI is InChI=1S/C17H28N2O2/c1-4-8-19(9-5-2)15-7-6-13(3)16(11-15)14(12-18)10-17(20)21/h6-7,11,14H,4-5,8-10,12,18H2,1-3H3,(H,20,21). The highest BCUT2D eigenvalue weighted by molar-refractivity contribution is 5.68. The van der Waals surface area contributed by atoms with Crippen molar-refractivity contribution in [3.05, 3.63) is 29.3 Å². The van der Waals surface area contributed by atoms with Crippen molar-refractivity contribution >= 4 is 11.7 Å². The third kappa shape index (κ3) is 5.05. The van der Waals surface area contributed by atoms with E-state index in [0.717, 1.165) is 37.1 Å². The van der Waals surface area contributed by atoms with Gasteiger partial charge in [-0.15, -0.1) is 0 Å². The zero-order valence-corrected chi connectivity index (χ0v) is 13.4. The Morgan fingerprint density at radius 3 is 2.38 bits per heavy atom. The van der Waals surface area contributed by atoms with Gasteiger partial charge < -0.3 is 15.7 Å². The maximum Gasteiger partial charge on any atom is 0.304 e. The highest BCUT2D eigenvalue weighted by Gasteiger charge is 2.17. The van der Waals surface area contributed by atoms with E-state index in [0.29, 0.717) is 6.54 Å². The maximum atomic E-state index is 11.0. The number of nitrogens with zero attached hydrogens (tertiary/aromatic N) is 1. The van der Waals surface area contributed by atoms with E-state index in [-0.39, 0.29) is 12.3 Å². The predicted molar refractivity (Wildman–Crippen MR) is 88.0 cm³/mol. The lowest BCUT2D eigenvalue weighted by Gasteiger charge is -2.26. The lowest BCUT2D eigenvalue weighted by atomic mass is 9.91.